The van der Waals surface area contributed by atoms with E-state index in [1.165, 1.54) is 16.2 Å². The highest BCUT2D eigenvalue weighted by atomic mass is 32.1. The summed E-state index contributed by atoms with van der Waals surface area (Å²) in [4.78, 5) is 33.4. The monoisotopic (exact) mass is 317 g/mol. The van der Waals surface area contributed by atoms with Gasteiger partial charge < -0.3 is 10.0 Å². The van der Waals surface area contributed by atoms with Crippen LogP contribution in [0.4, 0.5) is 0 Å². The largest absolute Gasteiger partial charge is 0.480 e. The summed E-state index contributed by atoms with van der Waals surface area (Å²) in [6.45, 7) is 0.509. The molecule has 0 bridgehead atoms. The molecule has 0 aliphatic carbocycles. The third-order valence-corrected chi connectivity index (χ3v) is 4.59. The summed E-state index contributed by atoms with van der Waals surface area (Å²) in [5.74, 6) is -1.10. The van der Waals surface area contributed by atoms with Gasteiger partial charge in [-0.2, -0.15) is 0 Å². The Morgan fingerprint density at radius 2 is 2.32 bits per heavy atom. The third-order valence-electron chi connectivity index (χ3n) is 3.65. The number of nitrogens with zero attached hydrogens (tertiary/aromatic N) is 3. The van der Waals surface area contributed by atoms with Crippen LogP contribution in [0.25, 0.3) is 10.6 Å². The van der Waals surface area contributed by atoms with Crippen molar-refractivity contribution >= 4 is 23.2 Å². The summed E-state index contributed by atoms with van der Waals surface area (Å²) in [7, 11) is 0. The predicted octanol–water partition coefficient (Wildman–Crippen LogP) is 1.82. The van der Waals surface area contributed by atoms with Crippen LogP contribution in [-0.4, -0.2) is 44.4 Å². The molecule has 1 fully saturated rings. The molecule has 0 aromatic carbocycles. The van der Waals surface area contributed by atoms with Gasteiger partial charge >= 0.3 is 5.97 Å². The van der Waals surface area contributed by atoms with Gasteiger partial charge in [-0.05, 0) is 25.0 Å². The third kappa shape index (κ3) is 2.99. The Kier molecular flexibility index (Phi) is 4.15. The average Bonchev–Trinajstić information content (AvgIpc) is 3.17. The maximum absolute atomic E-state index is 12.3. The minimum Gasteiger partial charge on any atom is -0.480 e. The molecule has 1 atom stereocenters. The Morgan fingerprint density at radius 1 is 1.45 bits per heavy atom. The number of carboxylic acid groups (broad SMARTS) is 1. The lowest BCUT2D eigenvalue weighted by Crippen LogP contribution is -2.41. The minimum atomic E-state index is -0.930. The number of aromatic nitrogens is 2. The van der Waals surface area contributed by atoms with Gasteiger partial charge in [0.15, 0.2) is 0 Å². The normalized spacial score (nSPS) is 17.6. The molecule has 1 aliphatic heterocycles. The van der Waals surface area contributed by atoms with Gasteiger partial charge in [-0.3, -0.25) is 9.78 Å². The molecule has 0 unspecified atom stereocenters. The highest BCUT2D eigenvalue weighted by Gasteiger charge is 2.33. The molecule has 3 rings (SSSR count). The maximum Gasteiger partial charge on any atom is 0.326 e. The summed E-state index contributed by atoms with van der Waals surface area (Å²) in [5, 5.41) is 11.8. The number of amides is 1. The van der Waals surface area contributed by atoms with Gasteiger partial charge in [0.1, 0.15) is 11.0 Å². The molecule has 3 heterocycles. The van der Waals surface area contributed by atoms with Gasteiger partial charge in [0.25, 0.3) is 0 Å². The molecule has 1 aliphatic rings. The number of hydrogen-bond acceptors (Lipinski definition) is 5. The Hall–Kier alpha value is -2.28. The first-order chi connectivity index (χ1) is 10.6. The first-order valence-corrected chi connectivity index (χ1v) is 7.90. The van der Waals surface area contributed by atoms with Crippen molar-refractivity contribution in [3.8, 4) is 10.6 Å². The Morgan fingerprint density at radius 3 is 3.05 bits per heavy atom. The number of hydrogen-bond donors (Lipinski definition) is 1. The molecule has 2 aromatic heterocycles. The Labute approximate surface area is 131 Å². The van der Waals surface area contributed by atoms with Crippen LogP contribution >= 0.6 is 11.3 Å². The van der Waals surface area contributed by atoms with Crippen molar-refractivity contribution in [1.29, 1.82) is 0 Å². The molecule has 1 amide bonds. The van der Waals surface area contributed by atoms with Crippen molar-refractivity contribution in [2.75, 3.05) is 6.54 Å². The van der Waals surface area contributed by atoms with Crippen LogP contribution in [0.15, 0.2) is 29.9 Å². The molecule has 2 aromatic rings. The number of likely N-dealkylation sites (tertiary alicyclic amines) is 1. The molecular formula is C15H15N3O3S. The van der Waals surface area contributed by atoms with Gasteiger partial charge in [-0.15, -0.1) is 11.3 Å². The van der Waals surface area contributed by atoms with Crippen LogP contribution < -0.4 is 0 Å². The van der Waals surface area contributed by atoms with Crippen LogP contribution in [0.1, 0.15) is 18.5 Å². The summed E-state index contributed by atoms with van der Waals surface area (Å²) in [6, 6.07) is 3.06. The zero-order chi connectivity index (χ0) is 15.5. The van der Waals surface area contributed by atoms with Crippen LogP contribution in [0.5, 0.6) is 0 Å². The number of pyridine rings is 1. The van der Waals surface area contributed by atoms with Crippen LogP contribution in [0.3, 0.4) is 0 Å². The summed E-state index contributed by atoms with van der Waals surface area (Å²) >= 11 is 1.46. The Bertz CT molecular complexity index is 686. The number of carbonyl (C=O) groups excluding carboxylic acids is 1. The lowest BCUT2D eigenvalue weighted by Gasteiger charge is -2.20. The quantitative estimate of drug-likeness (QED) is 0.930. The number of carbonyl (C=O) groups is 2. The molecule has 1 saturated heterocycles. The zero-order valence-corrected chi connectivity index (χ0v) is 12.6. The van der Waals surface area contributed by atoms with E-state index in [1.807, 2.05) is 17.5 Å². The van der Waals surface area contributed by atoms with E-state index in [4.69, 9.17) is 5.11 Å². The molecule has 0 radical (unpaired) electrons. The second-order valence-corrected chi connectivity index (χ2v) is 6.00. The highest BCUT2D eigenvalue weighted by Crippen LogP contribution is 2.24. The fourth-order valence-electron chi connectivity index (χ4n) is 2.59. The number of aliphatic carboxylic acids is 1. The molecule has 6 nitrogen and oxygen atoms in total. The van der Waals surface area contributed by atoms with Gasteiger partial charge in [-0.1, -0.05) is 0 Å². The van der Waals surface area contributed by atoms with Gasteiger partial charge in [-0.25, -0.2) is 9.78 Å². The lowest BCUT2D eigenvalue weighted by atomic mass is 10.2. The molecule has 0 spiro atoms. The average molecular weight is 317 g/mol. The molecule has 1 N–H and O–H groups in total. The van der Waals surface area contributed by atoms with Gasteiger partial charge in [0.2, 0.25) is 5.91 Å². The second kappa shape index (κ2) is 6.23. The van der Waals surface area contributed by atoms with Crippen LogP contribution in [0.2, 0.25) is 0 Å². The SMILES string of the molecule is O=C(O)[C@@H]1CCCN1C(=O)Cc1csc(-c2cccnc2)n1. The van der Waals surface area contributed by atoms with Crippen molar-refractivity contribution in [2.45, 2.75) is 25.3 Å². The second-order valence-electron chi connectivity index (χ2n) is 5.15. The topological polar surface area (TPSA) is 83.4 Å². The molecule has 22 heavy (non-hydrogen) atoms. The van der Waals surface area contributed by atoms with E-state index >= 15 is 0 Å². The number of rotatable bonds is 4. The first-order valence-electron chi connectivity index (χ1n) is 7.02. The highest BCUT2D eigenvalue weighted by molar-refractivity contribution is 7.13. The van der Waals surface area contributed by atoms with Crippen molar-refractivity contribution in [3.05, 3.63) is 35.6 Å². The number of thiazole rings is 1. The molecule has 0 saturated carbocycles. The smallest absolute Gasteiger partial charge is 0.326 e. The molecule has 114 valence electrons. The fourth-order valence-corrected chi connectivity index (χ4v) is 3.40. The minimum absolute atomic E-state index is 0.139. The van der Waals surface area contributed by atoms with E-state index < -0.39 is 12.0 Å². The predicted molar refractivity (Wildman–Crippen MR) is 81.4 cm³/mol. The Balaban J connectivity index is 1.70. The van der Waals surface area contributed by atoms with Crippen molar-refractivity contribution < 1.29 is 14.7 Å². The van der Waals surface area contributed by atoms with Crippen molar-refractivity contribution in [1.82, 2.24) is 14.9 Å². The van der Waals surface area contributed by atoms with E-state index in [0.717, 1.165) is 17.0 Å². The molecule has 7 heteroatoms. The first kappa shape index (κ1) is 14.6. The lowest BCUT2D eigenvalue weighted by molar-refractivity contribution is -0.148. The van der Waals surface area contributed by atoms with Crippen molar-refractivity contribution in [2.24, 2.45) is 0 Å². The molecular weight excluding hydrogens is 302 g/mol. The maximum atomic E-state index is 12.3. The van der Waals surface area contributed by atoms with E-state index in [9.17, 15) is 9.59 Å². The zero-order valence-electron chi connectivity index (χ0n) is 11.8. The summed E-state index contributed by atoms with van der Waals surface area (Å²) < 4.78 is 0. The standard InChI is InChI=1S/C15H15N3O3S/c19-13(18-6-2-4-12(18)15(20)21)7-11-9-22-14(17-11)10-3-1-5-16-8-10/h1,3,5,8-9,12H,2,4,6-7H2,(H,20,21)/t12-/m0/s1. The van der Waals surface area contributed by atoms with Gasteiger partial charge in [0.05, 0.1) is 12.1 Å². The van der Waals surface area contributed by atoms with E-state index in [2.05, 4.69) is 9.97 Å². The van der Waals surface area contributed by atoms with E-state index in [0.29, 0.717) is 18.7 Å². The number of carboxylic acids is 1. The van der Waals surface area contributed by atoms with E-state index in [-0.39, 0.29) is 12.3 Å². The fraction of sp³-hybridized carbons (Fsp3) is 0.333. The summed E-state index contributed by atoms with van der Waals surface area (Å²) in [6.07, 6.45) is 4.83. The van der Waals surface area contributed by atoms with Crippen LogP contribution in [0, 0.1) is 0 Å². The van der Waals surface area contributed by atoms with Gasteiger partial charge in [0, 0.05) is 29.9 Å². The van der Waals surface area contributed by atoms with E-state index in [1.54, 1.807) is 12.4 Å². The summed E-state index contributed by atoms with van der Waals surface area (Å²) in [5.41, 5.74) is 1.58. The van der Waals surface area contributed by atoms with Crippen LogP contribution in [-0.2, 0) is 16.0 Å². The van der Waals surface area contributed by atoms with Crippen molar-refractivity contribution in [3.63, 3.8) is 0 Å².